The zero-order valence-electron chi connectivity index (χ0n) is 9.39. The topological polar surface area (TPSA) is 26.0 Å². The molecule has 0 aromatic heterocycles. The number of allylic oxidation sites excluding steroid dienone is 1. The Kier molecular flexibility index (Phi) is 2.96. The molecule has 14 heavy (non-hydrogen) atoms. The third-order valence-electron chi connectivity index (χ3n) is 4.22. The van der Waals surface area contributed by atoms with Gasteiger partial charge in [-0.25, -0.2) is 0 Å². The fraction of sp³-hybridized carbons (Fsp3) is 0.846. The first-order chi connectivity index (χ1) is 6.72. The molecule has 2 N–H and O–H groups in total. The van der Waals surface area contributed by atoms with Crippen molar-refractivity contribution in [1.82, 2.24) is 0 Å². The van der Waals surface area contributed by atoms with Crippen molar-refractivity contribution in [2.24, 2.45) is 11.1 Å². The molecule has 2 rings (SSSR count). The summed E-state index contributed by atoms with van der Waals surface area (Å²) in [4.78, 5) is 0. The van der Waals surface area contributed by atoms with Gasteiger partial charge in [-0.2, -0.15) is 0 Å². The van der Waals surface area contributed by atoms with Gasteiger partial charge in [-0.05, 0) is 37.5 Å². The van der Waals surface area contributed by atoms with Crippen LogP contribution >= 0.6 is 0 Å². The second kappa shape index (κ2) is 4.06. The predicted octanol–water partition coefficient (Wildman–Crippen LogP) is 3.39. The van der Waals surface area contributed by atoms with Gasteiger partial charge in [-0.3, -0.25) is 0 Å². The maximum atomic E-state index is 6.42. The van der Waals surface area contributed by atoms with Crippen molar-refractivity contribution in [3.05, 3.63) is 11.6 Å². The zero-order valence-corrected chi connectivity index (χ0v) is 9.39. The van der Waals surface area contributed by atoms with Crippen LogP contribution in [-0.2, 0) is 0 Å². The minimum atomic E-state index is 0.352. The number of hydrogen-bond acceptors (Lipinski definition) is 1. The predicted molar refractivity (Wildman–Crippen MR) is 61.1 cm³/mol. The maximum Gasteiger partial charge on any atom is 0.0308 e. The molecule has 1 unspecified atom stereocenters. The minimum absolute atomic E-state index is 0.352. The third-order valence-corrected chi connectivity index (χ3v) is 4.22. The van der Waals surface area contributed by atoms with Crippen LogP contribution in [0.4, 0.5) is 0 Å². The Bertz CT molecular complexity index is 223. The molecule has 80 valence electrons. The lowest BCUT2D eigenvalue weighted by atomic mass is 9.68. The Morgan fingerprint density at radius 1 is 1.21 bits per heavy atom. The Balaban J connectivity index is 2.04. The van der Waals surface area contributed by atoms with Gasteiger partial charge in [0.05, 0.1) is 0 Å². The summed E-state index contributed by atoms with van der Waals surface area (Å²) in [7, 11) is 0. The molecule has 0 spiro atoms. The lowest BCUT2D eigenvalue weighted by molar-refractivity contribution is 0.185. The summed E-state index contributed by atoms with van der Waals surface area (Å²) in [5, 5.41) is 0. The zero-order chi connectivity index (χ0) is 10.0. The molecule has 0 bridgehead atoms. The van der Waals surface area contributed by atoms with Gasteiger partial charge < -0.3 is 5.73 Å². The highest BCUT2D eigenvalue weighted by molar-refractivity contribution is 5.18. The van der Waals surface area contributed by atoms with Gasteiger partial charge >= 0.3 is 0 Å². The average Bonchev–Trinajstić information content (AvgIpc) is 2.70. The van der Waals surface area contributed by atoms with E-state index in [4.69, 9.17) is 5.73 Å². The molecular formula is C13H23N. The van der Waals surface area contributed by atoms with E-state index in [-0.39, 0.29) is 0 Å². The first-order valence-corrected chi connectivity index (χ1v) is 6.17. The van der Waals surface area contributed by atoms with Gasteiger partial charge in [0.25, 0.3) is 0 Å². The van der Waals surface area contributed by atoms with Crippen molar-refractivity contribution in [2.75, 3.05) is 0 Å². The number of hydrogen-bond donors (Lipinski definition) is 1. The van der Waals surface area contributed by atoms with Gasteiger partial charge in [0.2, 0.25) is 0 Å². The van der Waals surface area contributed by atoms with Gasteiger partial charge in [-0.15, -0.1) is 0 Å². The van der Waals surface area contributed by atoms with Gasteiger partial charge in [0.15, 0.2) is 0 Å². The second-order valence-corrected chi connectivity index (χ2v) is 5.36. The Hall–Kier alpha value is -0.300. The lowest BCUT2D eigenvalue weighted by Crippen LogP contribution is -2.42. The van der Waals surface area contributed by atoms with E-state index >= 15 is 0 Å². The van der Waals surface area contributed by atoms with Crippen molar-refractivity contribution in [3.8, 4) is 0 Å². The fourth-order valence-corrected chi connectivity index (χ4v) is 3.10. The van der Waals surface area contributed by atoms with E-state index < -0.39 is 0 Å². The average molecular weight is 193 g/mol. The first kappa shape index (κ1) is 10.2. The Morgan fingerprint density at radius 2 is 1.93 bits per heavy atom. The van der Waals surface area contributed by atoms with Crippen molar-refractivity contribution < 1.29 is 0 Å². The normalized spacial score (nSPS) is 28.6. The van der Waals surface area contributed by atoms with Crippen LogP contribution in [0.3, 0.4) is 0 Å². The Morgan fingerprint density at radius 3 is 2.50 bits per heavy atom. The fourth-order valence-electron chi connectivity index (χ4n) is 3.10. The summed E-state index contributed by atoms with van der Waals surface area (Å²) in [6.45, 7) is 2.40. The highest BCUT2D eigenvalue weighted by Crippen LogP contribution is 2.41. The van der Waals surface area contributed by atoms with Gasteiger partial charge in [-0.1, -0.05) is 37.8 Å². The lowest BCUT2D eigenvalue weighted by Gasteiger charge is -2.39. The molecule has 0 radical (unpaired) electrons. The van der Waals surface area contributed by atoms with E-state index in [1.165, 1.54) is 51.4 Å². The molecule has 2 aliphatic rings. The molecule has 0 saturated heterocycles. The molecule has 0 aromatic carbocycles. The quantitative estimate of drug-likeness (QED) is 0.668. The van der Waals surface area contributed by atoms with Crippen molar-refractivity contribution >= 4 is 0 Å². The summed E-state index contributed by atoms with van der Waals surface area (Å²) in [6, 6.07) is 0.352. The SMILES string of the molecule is CC1(C(N)C2=CCCC2)CCCCC1. The van der Waals surface area contributed by atoms with Crippen molar-refractivity contribution in [2.45, 2.75) is 64.3 Å². The number of rotatable bonds is 2. The summed E-state index contributed by atoms with van der Waals surface area (Å²) < 4.78 is 0. The van der Waals surface area contributed by atoms with E-state index in [1.807, 2.05) is 0 Å². The van der Waals surface area contributed by atoms with Crippen LogP contribution in [0.5, 0.6) is 0 Å². The molecule has 0 aliphatic heterocycles. The third kappa shape index (κ3) is 1.88. The van der Waals surface area contributed by atoms with E-state index in [1.54, 1.807) is 5.57 Å². The van der Waals surface area contributed by atoms with Gasteiger partial charge in [0.1, 0.15) is 0 Å². The molecule has 0 aromatic rings. The molecular weight excluding hydrogens is 170 g/mol. The summed E-state index contributed by atoms with van der Waals surface area (Å²) in [5.74, 6) is 0. The summed E-state index contributed by atoms with van der Waals surface area (Å²) in [6.07, 6.45) is 13.1. The van der Waals surface area contributed by atoms with Crippen LogP contribution in [-0.4, -0.2) is 6.04 Å². The van der Waals surface area contributed by atoms with Crippen molar-refractivity contribution in [3.63, 3.8) is 0 Å². The van der Waals surface area contributed by atoms with E-state index in [0.29, 0.717) is 11.5 Å². The number of nitrogens with two attached hydrogens (primary N) is 1. The van der Waals surface area contributed by atoms with Crippen LogP contribution in [0.15, 0.2) is 11.6 Å². The monoisotopic (exact) mass is 193 g/mol. The first-order valence-electron chi connectivity index (χ1n) is 6.17. The van der Waals surface area contributed by atoms with Crippen LogP contribution in [0.1, 0.15) is 58.3 Å². The highest BCUT2D eigenvalue weighted by atomic mass is 14.7. The van der Waals surface area contributed by atoms with Crippen LogP contribution in [0.25, 0.3) is 0 Å². The standard InChI is InChI=1S/C13H23N/c1-13(9-5-2-6-10-13)12(14)11-7-3-4-8-11/h7,12H,2-6,8-10,14H2,1H3. The Labute approximate surface area is 87.8 Å². The molecule has 1 fully saturated rings. The summed E-state index contributed by atoms with van der Waals surface area (Å²) in [5.41, 5.74) is 8.38. The summed E-state index contributed by atoms with van der Waals surface area (Å²) >= 11 is 0. The molecule has 1 atom stereocenters. The molecule has 0 amide bonds. The molecule has 1 nitrogen and oxygen atoms in total. The molecule has 0 heterocycles. The van der Waals surface area contributed by atoms with Crippen LogP contribution in [0, 0.1) is 5.41 Å². The minimum Gasteiger partial charge on any atom is -0.324 e. The van der Waals surface area contributed by atoms with E-state index in [0.717, 1.165) is 0 Å². The largest absolute Gasteiger partial charge is 0.324 e. The molecule has 1 heteroatoms. The van der Waals surface area contributed by atoms with Gasteiger partial charge in [0, 0.05) is 6.04 Å². The van der Waals surface area contributed by atoms with E-state index in [9.17, 15) is 0 Å². The van der Waals surface area contributed by atoms with E-state index in [2.05, 4.69) is 13.0 Å². The van der Waals surface area contributed by atoms with Crippen LogP contribution in [0.2, 0.25) is 0 Å². The molecule has 1 saturated carbocycles. The highest BCUT2D eigenvalue weighted by Gasteiger charge is 2.35. The second-order valence-electron chi connectivity index (χ2n) is 5.36. The van der Waals surface area contributed by atoms with Crippen LogP contribution < -0.4 is 5.73 Å². The molecule has 2 aliphatic carbocycles. The van der Waals surface area contributed by atoms with Crippen molar-refractivity contribution in [1.29, 1.82) is 0 Å². The maximum absolute atomic E-state index is 6.42. The smallest absolute Gasteiger partial charge is 0.0308 e.